The van der Waals surface area contributed by atoms with Gasteiger partial charge in [0.25, 0.3) is 0 Å². The number of carbonyl (C=O) groups is 1. The molecule has 138 valence electrons. The highest BCUT2D eigenvalue weighted by Gasteiger charge is 2.19. The van der Waals surface area contributed by atoms with Gasteiger partial charge in [0.15, 0.2) is 0 Å². The van der Waals surface area contributed by atoms with Crippen molar-refractivity contribution in [1.82, 2.24) is 30.2 Å². The summed E-state index contributed by atoms with van der Waals surface area (Å²) in [5.74, 6) is -0.0639. The first-order valence-corrected chi connectivity index (χ1v) is 8.20. The maximum atomic E-state index is 12.4. The molecule has 3 rings (SSSR count). The number of aromatic nitrogens is 4. The first-order chi connectivity index (χ1) is 12.2. The number of aryl methyl sites for hydroxylation is 1. The summed E-state index contributed by atoms with van der Waals surface area (Å²) in [4.78, 5) is 12.4. The fourth-order valence-electron chi connectivity index (χ4n) is 2.68. The number of hydrogen-bond acceptors (Lipinski definition) is 4. The van der Waals surface area contributed by atoms with Crippen molar-refractivity contribution in [2.75, 3.05) is 13.6 Å². The molecule has 0 radical (unpaired) electrons. The van der Waals surface area contributed by atoms with E-state index in [1.165, 1.54) is 0 Å². The number of nitrogens with one attached hydrogen (secondary N) is 2. The number of hydrogen-bond donors (Lipinski definition) is 2. The standard InChI is InChI=1S/C18H22N6O.ClH/c1-19-17(15-11-21-23(2)13-15)18(25)20-9-8-14-10-22-24(12-14)16-6-4-3-5-7-16;/h3-7,10-13,17,19H,8-9H2,1-2H3,(H,20,25);1H. The van der Waals surface area contributed by atoms with E-state index in [9.17, 15) is 4.79 Å². The van der Waals surface area contributed by atoms with Crippen molar-refractivity contribution in [3.63, 3.8) is 0 Å². The quantitative estimate of drug-likeness (QED) is 0.659. The van der Waals surface area contributed by atoms with E-state index in [0.29, 0.717) is 6.54 Å². The minimum absolute atomic E-state index is 0. The van der Waals surface area contributed by atoms with Gasteiger partial charge < -0.3 is 10.6 Å². The lowest BCUT2D eigenvalue weighted by molar-refractivity contribution is -0.123. The third-order valence-corrected chi connectivity index (χ3v) is 3.98. The molecule has 2 aromatic heterocycles. The van der Waals surface area contributed by atoms with Gasteiger partial charge in [-0.15, -0.1) is 12.4 Å². The maximum Gasteiger partial charge on any atom is 0.241 e. The van der Waals surface area contributed by atoms with Crippen molar-refractivity contribution in [3.05, 3.63) is 66.2 Å². The van der Waals surface area contributed by atoms with E-state index in [1.807, 2.05) is 60.7 Å². The van der Waals surface area contributed by atoms with Crippen molar-refractivity contribution in [3.8, 4) is 5.69 Å². The Labute approximate surface area is 158 Å². The number of rotatable bonds is 7. The lowest BCUT2D eigenvalue weighted by Gasteiger charge is -2.14. The van der Waals surface area contributed by atoms with Gasteiger partial charge in [0.1, 0.15) is 6.04 Å². The van der Waals surface area contributed by atoms with Gasteiger partial charge in [-0.05, 0) is 31.2 Å². The van der Waals surface area contributed by atoms with Crippen LogP contribution in [-0.2, 0) is 18.3 Å². The summed E-state index contributed by atoms with van der Waals surface area (Å²) in [7, 11) is 3.60. The molecule has 0 fully saturated rings. The van der Waals surface area contributed by atoms with E-state index >= 15 is 0 Å². The molecule has 2 heterocycles. The van der Waals surface area contributed by atoms with Gasteiger partial charge in [0, 0.05) is 31.5 Å². The Morgan fingerprint density at radius 1 is 1.15 bits per heavy atom. The van der Waals surface area contributed by atoms with E-state index in [4.69, 9.17) is 0 Å². The van der Waals surface area contributed by atoms with Crippen LogP contribution in [0.4, 0.5) is 0 Å². The van der Waals surface area contributed by atoms with Crippen LogP contribution in [-0.4, -0.2) is 39.1 Å². The first-order valence-electron chi connectivity index (χ1n) is 8.20. The van der Waals surface area contributed by atoms with E-state index in [-0.39, 0.29) is 18.3 Å². The van der Waals surface area contributed by atoms with E-state index in [2.05, 4.69) is 20.8 Å². The van der Waals surface area contributed by atoms with Crippen LogP contribution in [0.25, 0.3) is 5.69 Å². The number of benzene rings is 1. The number of para-hydroxylation sites is 1. The van der Waals surface area contributed by atoms with Crippen LogP contribution < -0.4 is 10.6 Å². The second-order valence-electron chi connectivity index (χ2n) is 5.84. The van der Waals surface area contributed by atoms with Gasteiger partial charge in [-0.25, -0.2) is 4.68 Å². The molecule has 0 aliphatic heterocycles. The van der Waals surface area contributed by atoms with Crippen LogP contribution in [0.1, 0.15) is 17.2 Å². The lowest BCUT2D eigenvalue weighted by Crippen LogP contribution is -2.36. The summed E-state index contributed by atoms with van der Waals surface area (Å²) in [6.07, 6.45) is 8.07. The second-order valence-corrected chi connectivity index (χ2v) is 5.84. The number of nitrogens with zero attached hydrogens (tertiary/aromatic N) is 4. The molecular formula is C18H23ClN6O. The zero-order valence-corrected chi connectivity index (χ0v) is 15.6. The molecule has 1 unspecified atom stereocenters. The normalized spacial score (nSPS) is 11.6. The number of amides is 1. The van der Waals surface area contributed by atoms with Crippen LogP contribution in [0.2, 0.25) is 0 Å². The fraction of sp³-hybridized carbons (Fsp3) is 0.278. The molecule has 0 saturated carbocycles. The van der Waals surface area contributed by atoms with Crippen LogP contribution in [0.5, 0.6) is 0 Å². The highest BCUT2D eigenvalue weighted by Crippen LogP contribution is 2.11. The number of halogens is 1. The molecule has 0 spiro atoms. The minimum atomic E-state index is -0.402. The predicted octanol–water partition coefficient (Wildman–Crippen LogP) is 1.65. The summed E-state index contributed by atoms with van der Waals surface area (Å²) < 4.78 is 3.52. The third-order valence-electron chi connectivity index (χ3n) is 3.98. The van der Waals surface area contributed by atoms with Gasteiger partial charge in [-0.2, -0.15) is 10.2 Å². The summed E-state index contributed by atoms with van der Waals surface area (Å²) >= 11 is 0. The van der Waals surface area contributed by atoms with Crippen molar-refractivity contribution in [2.45, 2.75) is 12.5 Å². The highest BCUT2D eigenvalue weighted by molar-refractivity contribution is 5.85. The molecule has 1 amide bonds. The van der Waals surface area contributed by atoms with Crippen LogP contribution in [0.3, 0.4) is 0 Å². The van der Waals surface area contributed by atoms with Crippen LogP contribution in [0, 0.1) is 0 Å². The van der Waals surface area contributed by atoms with E-state index in [1.54, 1.807) is 17.9 Å². The Kier molecular flexibility index (Phi) is 6.94. The van der Waals surface area contributed by atoms with Gasteiger partial charge in [0.05, 0.1) is 18.1 Å². The summed E-state index contributed by atoms with van der Waals surface area (Å²) in [6.45, 7) is 0.553. The number of carbonyl (C=O) groups excluding carboxylic acids is 1. The Balaban J connectivity index is 0.00000243. The van der Waals surface area contributed by atoms with Crippen LogP contribution >= 0.6 is 12.4 Å². The van der Waals surface area contributed by atoms with Crippen molar-refractivity contribution in [1.29, 1.82) is 0 Å². The first kappa shape index (κ1) is 19.7. The molecule has 3 aromatic rings. The molecular weight excluding hydrogens is 352 g/mol. The summed E-state index contributed by atoms with van der Waals surface area (Å²) in [5, 5.41) is 14.5. The average Bonchev–Trinajstić information content (AvgIpc) is 3.26. The Morgan fingerprint density at radius 2 is 1.92 bits per heavy atom. The Morgan fingerprint density at radius 3 is 2.58 bits per heavy atom. The molecule has 0 bridgehead atoms. The molecule has 0 aliphatic carbocycles. The Hall–Kier alpha value is -2.64. The zero-order chi connectivity index (χ0) is 17.6. The van der Waals surface area contributed by atoms with Gasteiger partial charge >= 0.3 is 0 Å². The number of likely N-dealkylation sites (N-methyl/N-ethyl adjacent to an activating group) is 1. The molecule has 0 saturated heterocycles. The lowest BCUT2D eigenvalue weighted by atomic mass is 10.1. The monoisotopic (exact) mass is 374 g/mol. The molecule has 0 aliphatic rings. The van der Waals surface area contributed by atoms with Crippen molar-refractivity contribution in [2.24, 2.45) is 7.05 Å². The molecule has 2 N–H and O–H groups in total. The van der Waals surface area contributed by atoms with Crippen molar-refractivity contribution < 1.29 is 4.79 Å². The minimum Gasteiger partial charge on any atom is -0.354 e. The molecule has 1 atom stereocenters. The average molecular weight is 375 g/mol. The molecule has 26 heavy (non-hydrogen) atoms. The molecule has 1 aromatic carbocycles. The molecule has 7 nitrogen and oxygen atoms in total. The Bertz CT molecular complexity index is 829. The van der Waals surface area contributed by atoms with E-state index < -0.39 is 6.04 Å². The van der Waals surface area contributed by atoms with Crippen LogP contribution in [0.15, 0.2) is 55.1 Å². The highest BCUT2D eigenvalue weighted by atomic mass is 35.5. The fourth-order valence-corrected chi connectivity index (χ4v) is 2.68. The summed E-state index contributed by atoms with van der Waals surface area (Å²) in [6, 6.07) is 9.54. The maximum absolute atomic E-state index is 12.4. The largest absolute Gasteiger partial charge is 0.354 e. The van der Waals surface area contributed by atoms with E-state index in [0.717, 1.165) is 23.2 Å². The van der Waals surface area contributed by atoms with Gasteiger partial charge in [-0.1, -0.05) is 18.2 Å². The second kappa shape index (κ2) is 9.17. The molecule has 8 heteroatoms. The summed E-state index contributed by atoms with van der Waals surface area (Å²) in [5.41, 5.74) is 2.94. The third kappa shape index (κ3) is 4.71. The topological polar surface area (TPSA) is 76.8 Å². The van der Waals surface area contributed by atoms with Gasteiger partial charge in [-0.3, -0.25) is 9.48 Å². The smallest absolute Gasteiger partial charge is 0.241 e. The zero-order valence-electron chi connectivity index (χ0n) is 14.8. The van der Waals surface area contributed by atoms with Crippen molar-refractivity contribution >= 4 is 18.3 Å². The van der Waals surface area contributed by atoms with Gasteiger partial charge in [0.2, 0.25) is 5.91 Å². The SMILES string of the molecule is CNC(C(=O)NCCc1cnn(-c2ccccc2)c1)c1cnn(C)c1.Cl. The predicted molar refractivity (Wildman–Crippen MR) is 103 cm³/mol.